The van der Waals surface area contributed by atoms with E-state index in [9.17, 15) is 51.1 Å². The van der Waals surface area contributed by atoms with Crippen LogP contribution in [-0.4, -0.2) is 93.3 Å². The predicted octanol–water partition coefficient (Wildman–Crippen LogP) is -1.98. The minimum Gasteiger partial charge on any atom is -0.507 e. The van der Waals surface area contributed by atoms with Crippen molar-refractivity contribution in [3.8, 4) is 28.7 Å². The minimum absolute atomic E-state index is 0.0359. The van der Waals surface area contributed by atoms with E-state index in [0.717, 1.165) is 18.2 Å². The van der Waals surface area contributed by atoms with Crippen LogP contribution in [0, 0.1) is 0 Å². The van der Waals surface area contributed by atoms with E-state index in [2.05, 4.69) is 0 Å². The van der Waals surface area contributed by atoms with Crippen LogP contribution in [0.25, 0.3) is 0 Å². The first kappa shape index (κ1) is 24.8. The van der Waals surface area contributed by atoms with Crippen molar-refractivity contribution in [2.45, 2.75) is 49.1 Å². The number of aromatic hydroxyl groups is 4. The molecular formula is C21H26O12. The summed E-state index contributed by atoms with van der Waals surface area (Å²) in [6.45, 7) is -0.941. The van der Waals surface area contributed by atoms with Gasteiger partial charge in [0, 0.05) is 18.1 Å². The fraction of sp³-hybridized carbons (Fsp3) is 0.429. The van der Waals surface area contributed by atoms with Gasteiger partial charge in [0.15, 0.2) is 11.5 Å². The SMILES string of the molecule is OCC(O)C(O)C(O)C(O)C(O)c1c(O)cc(O)c2c1OC(c1ccc(O)c(O)c1)C(O)C2. The number of rotatable bonds is 7. The van der Waals surface area contributed by atoms with Crippen molar-refractivity contribution in [1.29, 1.82) is 0 Å². The van der Waals surface area contributed by atoms with Gasteiger partial charge in [-0.3, -0.25) is 0 Å². The molecule has 0 amide bonds. The molecule has 1 aliphatic heterocycles. The third-order valence-electron chi connectivity index (χ3n) is 5.61. The second-order valence-corrected chi connectivity index (χ2v) is 7.86. The Morgan fingerprint density at radius 3 is 2.09 bits per heavy atom. The van der Waals surface area contributed by atoms with Gasteiger partial charge in [-0.15, -0.1) is 0 Å². The molecule has 7 atom stereocenters. The highest BCUT2D eigenvalue weighted by Crippen LogP contribution is 2.48. The van der Waals surface area contributed by atoms with Gasteiger partial charge in [0.2, 0.25) is 0 Å². The van der Waals surface area contributed by atoms with E-state index in [1.54, 1.807) is 0 Å². The molecule has 12 heteroatoms. The van der Waals surface area contributed by atoms with Gasteiger partial charge in [-0.05, 0) is 17.7 Å². The Kier molecular flexibility index (Phi) is 7.19. The largest absolute Gasteiger partial charge is 0.507 e. The van der Waals surface area contributed by atoms with Crippen LogP contribution in [0.1, 0.15) is 28.9 Å². The molecule has 12 nitrogen and oxygen atoms in total. The van der Waals surface area contributed by atoms with Crippen molar-refractivity contribution in [1.82, 2.24) is 0 Å². The Balaban J connectivity index is 2.02. The number of ether oxygens (including phenoxy) is 1. The van der Waals surface area contributed by atoms with Gasteiger partial charge in [0.25, 0.3) is 0 Å². The molecule has 0 saturated carbocycles. The summed E-state index contributed by atoms with van der Waals surface area (Å²) in [4.78, 5) is 0. The van der Waals surface area contributed by atoms with E-state index in [1.807, 2.05) is 0 Å². The quantitative estimate of drug-likeness (QED) is 0.198. The van der Waals surface area contributed by atoms with Crippen molar-refractivity contribution < 1.29 is 60.9 Å². The summed E-state index contributed by atoms with van der Waals surface area (Å²) in [5, 5.41) is 110. The molecule has 0 bridgehead atoms. The van der Waals surface area contributed by atoms with Crippen LogP contribution in [0.2, 0.25) is 0 Å². The van der Waals surface area contributed by atoms with Gasteiger partial charge in [0.05, 0.1) is 18.3 Å². The molecule has 2 aromatic rings. The summed E-state index contributed by atoms with van der Waals surface area (Å²) >= 11 is 0. The van der Waals surface area contributed by atoms with Crippen LogP contribution >= 0.6 is 0 Å². The van der Waals surface area contributed by atoms with Crippen LogP contribution in [0.3, 0.4) is 0 Å². The van der Waals surface area contributed by atoms with E-state index in [4.69, 9.17) is 9.84 Å². The topological polar surface area (TPSA) is 232 Å². The molecular weight excluding hydrogens is 444 g/mol. The molecule has 2 aromatic carbocycles. The maximum atomic E-state index is 10.7. The Morgan fingerprint density at radius 2 is 1.48 bits per heavy atom. The van der Waals surface area contributed by atoms with Gasteiger partial charge in [0.1, 0.15) is 53.9 Å². The van der Waals surface area contributed by atoms with E-state index < -0.39 is 77.9 Å². The van der Waals surface area contributed by atoms with Crippen LogP contribution < -0.4 is 4.74 Å². The number of hydrogen-bond donors (Lipinski definition) is 11. The summed E-state index contributed by atoms with van der Waals surface area (Å²) < 4.78 is 5.73. The number of aliphatic hydroxyl groups is 7. The van der Waals surface area contributed by atoms with Crippen molar-refractivity contribution >= 4 is 0 Å². The van der Waals surface area contributed by atoms with E-state index in [0.29, 0.717) is 0 Å². The summed E-state index contributed by atoms with van der Waals surface area (Å²) in [5.74, 6) is -2.48. The van der Waals surface area contributed by atoms with E-state index in [1.165, 1.54) is 6.07 Å². The zero-order valence-electron chi connectivity index (χ0n) is 17.1. The Labute approximate surface area is 187 Å². The van der Waals surface area contributed by atoms with Crippen molar-refractivity contribution in [2.75, 3.05) is 6.61 Å². The number of hydrogen-bond acceptors (Lipinski definition) is 12. The fourth-order valence-corrected chi connectivity index (χ4v) is 3.73. The van der Waals surface area contributed by atoms with Crippen LogP contribution in [-0.2, 0) is 6.42 Å². The van der Waals surface area contributed by atoms with E-state index in [-0.39, 0.29) is 23.3 Å². The highest BCUT2D eigenvalue weighted by atomic mass is 16.5. The lowest BCUT2D eigenvalue weighted by molar-refractivity contribution is -0.141. The van der Waals surface area contributed by atoms with Gasteiger partial charge in [-0.1, -0.05) is 6.07 Å². The average molecular weight is 470 g/mol. The maximum Gasteiger partial charge on any atom is 0.157 e. The monoisotopic (exact) mass is 470 g/mol. The van der Waals surface area contributed by atoms with Gasteiger partial charge in [-0.25, -0.2) is 0 Å². The molecule has 0 aromatic heterocycles. The van der Waals surface area contributed by atoms with Crippen molar-refractivity contribution in [3.63, 3.8) is 0 Å². The van der Waals surface area contributed by atoms with Crippen LogP contribution in [0.4, 0.5) is 0 Å². The minimum atomic E-state index is -2.19. The second-order valence-electron chi connectivity index (χ2n) is 7.86. The van der Waals surface area contributed by atoms with Gasteiger partial charge in [-0.2, -0.15) is 0 Å². The molecule has 1 aliphatic rings. The zero-order valence-corrected chi connectivity index (χ0v) is 17.1. The van der Waals surface area contributed by atoms with Crippen molar-refractivity contribution in [2.24, 2.45) is 0 Å². The third kappa shape index (κ3) is 4.63. The normalized spacial score (nSPS) is 22.5. The summed E-state index contributed by atoms with van der Waals surface area (Å²) in [7, 11) is 0. The first-order valence-corrected chi connectivity index (χ1v) is 9.93. The first-order valence-electron chi connectivity index (χ1n) is 9.93. The Bertz CT molecular complexity index is 996. The maximum absolute atomic E-state index is 10.7. The number of benzene rings is 2. The average Bonchev–Trinajstić information content (AvgIpc) is 2.78. The Hall–Kier alpha value is -2.84. The molecule has 182 valence electrons. The number of phenols is 4. The molecule has 0 radical (unpaired) electrons. The lowest BCUT2D eigenvalue weighted by atomic mass is 9.88. The molecule has 0 fully saturated rings. The van der Waals surface area contributed by atoms with Gasteiger partial charge < -0.3 is 60.9 Å². The fourth-order valence-electron chi connectivity index (χ4n) is 3.73. The molecule has 33 heavy (non-hydrogen) atoms. The smallest absolute Gasteiger partial charge is 0.157 e. The second kappa shape index (κ2) is 9.57. The highest BCUT2D eigenvalue weighted by Gasteiger charge is 2.41. The standard InChI is InChI=1S/C21H26O12/c22-6-14(28)16(29)18(31)19(32)17(30)15-12(26)5-10(24)8-4-13(27)20(33-21(8)15)7-1-2-9(23)11(25)3-7/h1-3,5,13-14,16-20,22-32H,4,6H2. The van der Waals surface area contributed by atoms with E-state index >= 15 is 0 Å². The highest BCUT2D eigenvalue weighted by molar-refractivity contribution is 5.59. The summed E-state index contributed by atoms with van der Waals surface area (Å²) in [6, 6.07) is 4.45. The Morgan fingerprint density at radius 1 is 0.818 bits per heavy atom. The molecule has 0 aliphatic carbocycles. The van der Waals surface area contributed by atoms with Gasteiger partial charge >= 0.3 is 0 Å². The number of phenolic OH excluding ortho intramolecular Hbond substituents is 4. The molecule has 11 N–H and O–H groups in total. The molecule has 0 spiro atoms. The molecule has 1 heterocycles. The zero-order chi connectivity index (χ0) is 24.6. The molecule has 0 saturated heterocycles. The number of aliphatic hydroxyl groups excluding tert-OH is 7. The number of fused-ring (bicyclic) bond motifs is 1. The molecule has 7 unspecified atom stereocenters. The lowest BCUT2D eigenvalue weighted by Gasteiger charge is -2.35. The van der Waals surface area contributed by atoms with Crippen LogP contribution in [0.5, 0.6) is 28.7 Å². The predicted molar refractivity (Wildman–Crippen MR) is 109 cm³/mol. The molecule has 3 rings (SSSR count). The van der Waals surface area contributed by atoms with Crippen molar-refractivity contribution in [3.05, 3.63) is 41.0 Å². The summed E-state index contributed by atoms with van der Waals surface area (Å²) in [6.07, 6.45) is -13.0. The third-order valence-corrected chi connectivity index (χ3v) is 5.61. The summed E-state index contributed by atoms with van der Waals surface area (Å²) in [5.41, 5.74) is -0.319. The van der Waals surface area contributed by atoms with Crippen LogP contribution in [0.15, 0.2) is 24.3 Å². The first-order chi connectivity index (χ1) is 15.5. The lowest BCUT2D eigenvalue weighted by Crippen LogP contribution is -2.48.